The Morgan fingerprint density at radius 2 is 2.22 bits per heavy atom. The highest BCUT2D eigenvalue weighted by atomic mass is 16.7. The van der Waals surface area contributed by atoms with Gasteiger partial charge >= 0.3 is 0 Å². The summed E-state index contributed by atoms with van der Waals surface area (Å²) in [6, 6.07) is 5.89. The van der Waals surface area contributed by atoms with Gasteiger partial charge in [0.1, 0.15) is 0 Å². The maximum atomic E-state index is 10.1. The van der Waals surface area contributed by atoms with E-state index in [9.17, 15) is 5.11 Å². The van der Waals surface area contributed by atoms with E-state index in [1.807, 2.05) is 18.2 Å². The minimum absolute atomic E-state index is 0.256. The van der Waals surface area contributed by atoms with Gasteiger partial charge in [0.25, 0.3) is 0 Å². The highest BCUT2D eigenvalue weighted by Gasteiger charge is 2.19. The first-order valence-electron chi connectivity index (χ1n) is 6.21. The third-order valence-corrected chi connectivity index (χ3v) is 3.31. The van der Waals surface area contributed by atoms with Crippen LogP contribution in [-0.2, 0) is 4.74 Å². The van der Waals surface area contributed by atoms with Gasteiger partial charge in [0.2, 0.25) is 6.79 Å². The molecule has 2 atom stereocenters. The van der Waals surface area contributed by atoms with E-state index in [0.717, 1.165) is 30.9 Å². The molecule has 2 N–H and O–H groups in total. The van der Waals surface area contributed by atoms with Crippen LogP contribution >= 0.6 is 0 Å². The maximum Gasteiger partial charge on any atom is 0.231 e. The van der Waals surface area contributed by atoms with E-state index in [0.29, 0.717) is 18.3 Å². The van der Waals surface area contributed by atoms with Crippen LogP contribution in [0.3, 0.4) is 0 Å². The highest BCUT2D eigenvalue weighted by Crippen LogP contribution is 2.34. The van der Waals surface area contributed by atoms with E-state index in [-0.39, 0.29) is 6.79 Å². The first kappa shape index (κ1) is 11.8. The number of fused-ring (bicyclic) bond motifs is 1. The molecule has 1 fully saturated rings. The third kappa shape index (κ3) is 2.43. The summed E-state index contributed by atoms with van der Waals surface area (Å²) in [5.41, 5.74) is 0.839. The summed E-state index contributed by atoms with van der Waals surface area (Å²) in [5, 5.41) is 13.4. The van der Waals surface area contributed by atoms with Crippen molar-refractivity contribution >= 4 is 0 Å². The molecule has 5 nitrogen and oxygen atoms in total. The molecule has 2 heterocycles. The zero-order valence-corrected chi connectivity index (χ0v) is 10.1. The van der Waals surface area contributed by atoms with E-state index in [4.69, 9.17) is 14.2 Å². The Hall–Kier alpha value is -1.30. The van der Waals surface area contributed by atoms with Gasteiger partial charge in [-0.15, -0.1) is 0 Å². The molecule has 1 aromatic rings. The molecule has 0 amide bonds. The van der Waals surface area contributed by atoms with Gasteiger partial charge in [-0.25, -0.2) is 0 Å². The Kier molecular flexibility index (Phi) is 3.36. The van der Waals surface area contributed by atoms with E-state index in [1.54, 1.807) is 0 Å². The molecule has 0 saturated carbocycles. The minimum atomic E-state index is -0.542. The molecule has 0 aliphatic carbocycles. The number of ether oxygens (including phenoxy) is 3. The fourth-order valence-electron chi connectivity index (χ4n) is 2.21. The molecule has 0 radical (unpaired) electrons. The second-order valence-corrected chi connectivity index (χ2v) is 4.60. The molecule has 0 aromatic heterocycles. The molecule has 2 unspecified atom stereocenters. The Morgan fingerprint density at radius 3 is 3.06 bits per heavy atom. The van der Waals surface area contributed by atoms with Gasteiger partial charge in [-0.2, -0.15) is 0 Å². The summed E-state index contributed by atoms with van der Waals surface area (Å²) in [5.74, 6) is 1.44. The summed E-state index contributed by atoms with van der Waals surface area (Å²) < 4.78 is 15.8. The topological polar surface area (TPSA) is 60.0 Å². The first-order valence-corrected chi connectivity index (χ1v) is 6.21. The van der Waals surface area contributed by atoms with Gasteiger partial charge in [-0.3, -0.25) is 0 Å². The zero-order valence-electron chi connectivity index (χ0n) is 10.1. The van der Waals surface area contributed by atoms with Crippen LogP contribution in [0.2, 0.25) is 0 Å². The lowest BCUT2D eigenvalue weighted by atomic mass is 10.1. The molecular weight excluding hydrogens is 234 g/mol. The summed E-state index contributed by atoms with van der Waals surface area (Å²) in [4.78, 5) is 0. The highest BCUT2D eigenvalue weighted by molar-refractivity contribution is 5.45. The van der Waals surface area contributed by atoms with Crippen LogP contribution in [0.25, 0.3) is 0 Å². The molecule has 18 heavy (non-hydrogen) atoms. The van der Waals surface area contributed by atoms with Crippen molar-refractivity contribution in [3.63, 3.8) is 0 Å². The van der Waals surface area contributed by atoms with Crippen LogP contribution in [0.1, 0.15) is 18.1 Å². The van der Waals surface area contributed by atoms with E-state index in [1.165, 1.54) is 0 Å². The SMILES string of the molecule is OC(CNC1CCOC1)c1ccc2c(c1)OCO2. The van der Waals surface area contributed by atoms with Gasteiger partial charge in [-0.1, -0.05) is 6.07 Å². The average molecular weight is 251 g/mol. The summed E-state index contributed by atoms with van der Waals surface area (Å²) in [6.07, 6.45) is 0.466. The van der Waals surface area contributed by atoms with Gasteiger partial charge in [0.15, 0.2) is 11.5 Å². The molecule has 3 rings (SSSR count). The molecule has 98 valence electrons. The van der Waals surface area contributed by atoms with Crippen molar-refractivity contribution in [1.29, 1.82) is 0 Å². The fourth-order valence-corrected chi connectivity index (χ4v) is 2.21. The van der Waals surface area contributed by atoms with E-state index < -0.39 is 6.10 Å². The molecule has 2 aliphatic heterocycles. The molecule has 0 spiro atoms. The Labute approximate surface area is 106 Å². The lowest BCUT2D eigenvalue weighted by molar-refractivity contribution is 0.160. The second-order valence-electron chi connectivity index (χ2n) is 4.60. The summed E-state index contributed by atoms with van der Waals surface area (Å²) >= 11 is 0. The maximum absolute atomic E-state index is 10.1. The Morgan fingerprint density at radius 1 is 1.33 bits per heavy atom. The average Bonchev–Trinajstić information content (AvgIpc) is 3.05. The minimum Gasteiger partial charge on any atom is -0.454 e. The van der Waals surface area contributed by atoms with Gasteiger partial charge in [0.05, 0.1) is 12.7 Å². The van der Waals surface area contributed by atoms with Crippen LogP contribution in [0, 0.1) is 0 Å². The van der Waals surface area contributed by atoms with Crippen LogP contribution in [0.5, 0.6) is 11.5 Å². The Balaban J connectivity index is 1.59. The van der Waals surface area contributed by atoms with Crippen molar-refractivity contribution < 1.29 is 19.3 Å². The number of rotatable bonds is 4. The number of nitrogens with one attached hydrogen (secondary N) is 1. The predicted molar refractivity (Wildman–Crippen MR) is 64.8 cm³/mol. The van der Waals surface area contributed by atoms with Gasteiger partial charge in [-0.05, 0) is 24.1 Å². The molecular formula is C13H17NO4. The second kappa shape index (κ2) is 5.14. The van der Waals surface area contributed by atoms with Crippen molar-refractivity contribution in [2.45, 2.75) is 18.6 Å². The largest absolute Gasteiger partial charge is 0.454 e. The van der Waals surface area contributed by atoms with Crippen molar-refractivity contribution in [2.75, 3.05) is 26.6 Å². The molecule has 1 aromatic carbocycles. The lowest BCUT2D eigenvalue weighted by Gasteiger charge is -2.15. The summed E-state index contributed by atoms with van der Waals surface area (Å²) in [6.45, 7) is 2.31. The van der Waals surface area contributed by atoms with E-state index in [2.05, 4.69) is 5.32 Å². The number of benzene rings is 1. The first-order chi connectivity index (χ1) is 8.83. The van der Waals surface area contributed by atoms with Crippen molar-refractivity contribution in [2.24, 2.45) is 0 Å². The number of hydrogen-bond acceptors (Lipinski definition) is 5. The molecule has 1 saturated heterocycles. The van der Waals surface area contributed by atoms with Crippen molar-refractivity contribution in [3.05, 3.63) is 23.8 Å². The van der Waals surface area contributed by atoms with Crippen molar-refractivity contribution in [3.8, 4) is 11.5 Å². The normalized spacial score (nSPS) is 23.3. The van der Waals surface area contributed by atoms with Crippen molar-refractivity contribution in [1.82, 2.24) is 5.32 Å². The standard InChI is InChI=1S/C13H17NO4/c15-11(6-14-10-3-4-16-7-10)9-1-2-12-13(5-9)18-8-17-12/h1-2,5,10-11,14-15H,3-4,6-8H2. The smallest absolute Gasteiger partial charge is 0.231 e. The number of aliphatic hydroxyl groups is 1. The molecule has 2 aliphatic rings. The Bertz CT molecular complexity index is 417. The van der Waals surface area contributed by atoms with E-state index >= 15 is 0 Å². The van der Waals surface area contributed by atoms with Gasteiger partial charge in [0, 0.05) is 19.2 Å². The van der Waals surface area contributed by atoms with Crippen LogP contribution < -0.4 is 14.8 Å². The monoisotopic (exact) mass is 251 g/mol. The third-order valence-electron chi connectivity index (χ3n) is 3.31. The van der Waals surface area contributed by atoms with Crippen LogP contribution in [0.15, 0.2) is 18.2 Å². The van der Waals surface area contributed by atoms with Crippen LogP contribution in [0.4, 0.5) is 0 Å². The quantitative estimate of drug-likeness (QED) is 0.830. The molecule has 5 heteroatoms. The van der Waals surface area contributed by atoms with Gasteiger partial charge < -0.3 is 24.6 Å². The summed E-state index contributed by atoms with van der Waals surface area (Å²) in [7, 11) is 0. The zero-order chi connectivity index (χ0) is 12.4. The molecule has 0 bridgehead atoms. The fraction of sp³-hybridized carbons (Fsp3) is 0.538. The predicted octanol–water partition coefficient (Wildman–Crippen LogP) is 0.827. The lowest BCUT2D eigenvalue weighted by Crippen LogP contribution is -2.32. The number of hydrogen-bond donors (Lipinski definition) is 2. The van der Waals surface area contributed by atoms with Crippen LogP contribution in [-0.4, -0.2) is 37.7 Å². The number of aliphatic hydroxyl groups excluding tert-OH is 1.